The lowest BCUT2D eigenvalue weighted by atomic mass is 9.97. The molecule has 0 unspecified atom stereocenters. The standard InChI is InChI=1S/C20H26N2O6/c1-13-4-5-16(10-14(13)2)19(25)21-11-18(24)28-12-17(23)22-8-6-15(7-9-22)20(26)27-3/h4-5,10,15H,6-9,11-12H2,1-3H3,(H,21,25). The van der Waals surface area contributed by atoms with Gasteiger partial charge in [-0.3, -0.25) is 19.2 Å². The van der Waals surface area contributed by atoms with Crippen molar-refractivity contribution >= 4 is 23.8 Å². The predicted molar refractivity (Wildman–Crippen MR) is 101 cm³/mol. The van der Waals surface area contributed by atoms with Crippen LogP contribution < -0.4 is 5.32 Å². The van der Waals surface area contributed by atoms with Crippen LogP contribution in [0.2, 0.25) is 0 Å². The number of piperidine rings is 1. The Morgan fingerprint density at radius 3 is 2.39 bits per heavy atom. The van der Waals surface area contributed by atoms with Gasteiger partial charge in [-0.2, -0.15) is 0 Å². The molecule has 1 aromatic rings. The molecule has 0 atom stereocenters. The highest BCUT2D eigenvalue weighted by molar-refractivity contribution is 5.96. The largest absolute Gasteiger partial charge is 0.469 e. The van der Waals surface area contributed by atoms with Crippen LogP contribution in [0, 0.1) is 19.8 Å². The lowest BCUT2D eigenvalue weighted by Gasteiger charge is -2.30. The average molecular weight is 390 g/mol. The molecule has 0 radical (unpaired) electrons. The zero-order valence-corrected chi connectivity index (χ0v) is 16.4. The number of aryl methyl sites for hydroxylation is 2. The van der Waals surface area contributed by atoms with Crippen molar-refractivity contribution in [2.24, 2.45) is 5.92 Å². The van der Waals surface area contributed by atoms with Gasteiger partial charge >= 0.3 is 11.9 Å². The Kier molecular flexibility index (Phi) is 7.54. The molecule has 2 amide bonds. The van der Waals surface area contributed by atoms with E-state index in [4.69, 9.17) is 9.47 Å². The smallest absolute Gasteiger partial charge is 0.325 e. The minimum Gasteiger partial charge on any atom is -0.469 e. The Bertz CT molecular complexity index is 753. The number of esters is 2. The first-order valence-electron chi connectivity index (χ1n) is 9.18. The van der Waals surface area contributed by atoms with Gasteiger partial charge < -0.3 is 19.7 Å². The fourth-order valence-electron chi connectivity index (χ4n) is 2.95. The third kappa shape index (κ3) is 5.80. The summed E-state index contributed by atoms with van der Waals surface area (Å²) in [6.45, 7) is 3.98. The number of ether oxygens (including phenoxy) is 2. The number of rotatable bonds is 6. The average Bonchev–Trinajstić information content (AvgIpc) is 2.71. The minimum absolute atomic E-state index is 0.197. The second-order valence-corrected chi connectivity index (χ2v) is 6.82. The molecule has 0 aromatic heterocycles. The summed E-state index contributed by atoms with van der Waals surface area (Å²) in [7, 11) is 1.35. The van der Waals surface area contributed by atoms with Crippen LogP contribution >= 0.6 is 0 Å². The lowest BCUT2D eigenvalue weighted by molar-refractivity contribution is -0.153. The Balaban J connectivity index is 1.70. The molecule has 0 bridgehead atoms. The first-order chi connectivity index (χ1) is 13.3. The molecular weight excluding hydrogens is 364 g/mol. The second kappa shape index (κ2) is 9.87. The van der Waals surface area contributed by atoms with Crippen molar-refractivity contribution in [1.82, 2.24) is 10.2 Å². The van der Waals surface area contributed by atoms with E-state index in [1.165, 1.54) is 7.11 Å². The highest BCUT2D eigenvalue weighted by Gasteiger charge is 2.28. The van der Waals surface area contributed by atoms with E-state index in [1.54, 1.807) is 17.0 Å². The maximum atomic E-state index is 12.1. The lowest BCUT2D eigenvalue weighted by Crippen LogP contribution is -2.42. The van der Waals surface area contributed by atoms with Crippen LogP contribution in [0.1, 0.15) is 34.3 Å². The van der Waals surface area contributed by atoms with E-state index in [1.807, 2.05) is 19.9 Å². The van der Waals surface area contributed by atoms with Crippen LogP contribution in [0.3, 0.4) is 0 Å². The molecule has 2 rings (SSSR count). The maximum absolute atomic E-state index is 12.1. The molecular formula is C20H26N2O6. The van der Waals surface area contributed by atoms with E-state index in [2.05, 4.69) is 5.32 Å². The van der Waals surface area contributed by atoms with Crippen LogP contribution in [0.15, 0.2) is 18.2 Å². The number of nitrogens with zero attached hydrogens (tertiary/aromatic N) is 1. The molecule has 1 aliphatic rings. The predicted octanol–water partition coefficient (Wildman–Crippen LogP) is 0.988. The fraction of sp³-hybridized carbons (Fsp3) is 0.500. The van der Waals surface area contributed by atoms with Crippen molar-refractivity contribution in [3.63, 3.8) is 0 Å². The summed E-state index contributed by atoms with van der Waals surface area (Å²) >= 11 is 0. The van der Waals surface area contributed by atoms with Crippen molar-refractivity contribution in [3.8, 4) is 0 Å². The first-order valence-corrected chi connectivity index (χ1v) is 9.18. The van der Waals surface area contributed by atoms with Gasteiger partial charge in [0.2, 0.25) is 0 Å². The van der Waals surface area contributed by atoms with Gasteiger partial charge in [-0.25, -0.2) is 0 Å². The SMILES string of the molecule is COC(=O)C1CCN(C(=O)COC(=O)CNC(=O)c2ccc(C)c(C)c2)CC1. The number of nitrogens with one attached hydrogen (secondary N) is 1. The quantitative estimate of drug-likeness (QED) is 0.727. The van der Waals surface area contributed by atoms with Crippen molar-refractivity contribution in [1.29, 1.82) is 0 Å². The monoisotopic (exact) mass is 390 g/mol. The van der Waals surface area contributed by atoms with E-state index >= 15 is 0 Å². The minimum atomic E-state index is -0.685. The number of hydrogen-bond acceptors (Lipinski definition) is 6. The molecule has 28 heavy (non-hydrogen) atoms. The number of hydrogen-bond donors (Lipinski definition) is 1. The van der Waals surface area contributed by atoms with Crippen LogP contribution in [-0.2, 0) is 23.9 Å². The van der Waals surface area contributed by atoms with E-state index in [9.17, 15) is 19.2 Å². The Labute approximate surface area is 164 Å². The normalized spacial score (nSPS) is 14.3. The molecule has 1 heterocycles. The fourth-order valence-corrected chi connectivity index (χ4v) is 2.95. The topological polar surface area (TPSA) is 102 Å². The van der Waals surface area contributed by atoms with Crippen LogP contribution in [-0.4, -0.2) is 62.0 Å². The number of methoxy groups -OCH3 is 1. The van der Waals surface area contributed by atoms with E-state index in [-0.39, 0.29) is 36.9 Å². The number of likely N-dealkylation sites (tertiary alicyclic amines) is 1. The zero-order valence-electron chi connectivity index (χ0n) is 16.4. The molecule has 0 saturated carbocycles. The van der Waals surface area contributed by atoms with Gasteiger partial charge in [0.05, 0.1) is 13.0 Å². The van der Waals surface area contributed by atoms with Gasteiger partial charge in [-0.05, 0) is 49.9 Å². The van der Waals surface area contributed by atoms with E-state index < -0.39 is 5.97 Å². The van der Waals surface area contributed by atoms with Crippen molar-refractivity contribution < 1.29 is 28.7 Å². The number of benzene rings is 1. The third-order valence-corrected chi connectivity index (χ3v) is 4.90. The maximum Gasteiger partial charge on any atom is 0.325 e. The van der Waals surface area contributed by atoms with E-state index in [0.29, 0.717) is 31.5 Å². The molecule has 0 spiro atoms. The summed E-state index contributed by atoms with van der Waals surface area (Å²) in [5, 5.41) is 2.48. The van der Waals surface area contributed by atoms with Crippen molar-refractivity contribution in [2.75, 3.05) is 33.4 Å². The second-order valence-electron chi connectivity index (χ2n) is 6.82. The van der Waals surface area contributed by atoms with Crippen LogP contribution in [0.25, 0.3) is 0 Å². The Morgan fingerprint density at radius 2 is 1.79 bits per heavy atom. The molecule has 1 aromatic carbocycles. The third-order valence-electron chi connectivity index (χ3n) is 4.90. The molecule has 1 N–H and O–H groups in total. The van der Waals surface area contributed by atoms with Gasteiger partial charge in [-0.1, -0.05) is 6.07 Å². The number of amides is 2. The summed E-state index contributed by atoms with van der Waals surface area (Å²) in [4.78, 5) is 49.0. The number of carbonyl (C=O) groups is 4. The van der Waals surface area contributed by atoms with Gasteiger partial charge in [-0.15, -0.1) is 0 Å². The Hall–Kier alpha value is -2.90. The molecule has 152 valence electrons. The van der Waals surface area contributed by atoms with Crippen LogP contribution in [0.5, 0.6) is 0 Å². The Morgan fingerprint density at radius 1 is 1.11 bits per heavy atom. The summed E-state index contributed by atoms with van der Waals surface area (Å²) in [5.41, 5.74) is 2.52. The molecule has 1 fully saturated rings. The molecule has 0 aliphatic carbocycles. The summed E-state index contributed by atoms with van der Waals surface area (Å²) in [5.74, 6) is -1.85. The van der Waals surface area contributed by atoms with Gasteiger partial charge in [0.1, 0.15) is 6.54 Å². The molecule has 1 saturated heterocycles. The first kappa shape index (κ1) is 21.4. The van der Waals surface area contributed by atoms with Gasteiger partial charge in [0.15, 0.2) is 6.61 Å². The van der Waals surface area contributed by atoms with Crippen molar-refractivity contribution in [3.05, 3.63) is 34.9 Å². The zero-order chi connectivity index (χ0) is 20.7. The molecule has 8 nitrogen and oxygen atoms in total. The summed E-state index contributed by atoms with van der Waals surface area (Å²) < 4.78 is 9.65. The highest BCUT2D eigenvalue weighted by Crippen LogP contribution is 2.18. The highest BCUT2D eigenvalue weighted by atomic mass is 16.5. The molecule has 8 heteroatoms. The summed E-state index contributed by atoms with van der Waals surface area (Å²) in [6.07, 6.45) is 1.05. The van der Waals surface area contributed by atoms with E-state index in [0.717, 1.165) is 11.1 Å². The van der Waals surface area contributed by atoms with Crippen molar-refractivity contribution in [2.45, 2.75) is 26.7 Å². The van der Waals surface area contributed by atoms with Gasteiger partial charge in [0, 0.05) is 18.7 Å². The molecule has 1 aliphatic heterocycles. The van der Waals surface area contributed by atoms with Gasteiger partial charge in [0.25, 0.3) is 11.8 Å². The number of carbonyl (C=O) groups excluding carboxylic acids is 4. The summed E-state index contributed by atoms with van der Waals surface area (Å²) in [6, 6.07) is 5.27. The van der Waals surface area contributed by atoms with Crippen LogP contribution in [0.4, 0.5) is 0 Å².